The highest BCUT2D eigenvalue weighted by Crippen LogP contribution is 2.16. The Morgan fingerprint density at radius 2 is 1.94 bits per heavy atom. The van der Waals surface area contributed by atoms with E-state index in [1.807, 2.05) is 30.3 Å². The van der Waals surface area contributed by atoms with Crippen LogP contribution in [0.1, 0.15) is 16.1 Å². The van der Waals surface area contributed by atoms with Gasteiger partial charge in [-0.25, -0.2) is 9.78 Å². The van der Waals surface area contributed by atoms with Crippen LogP contribution in [0.15, 0.2) is 46.9 Å². The van der Waals surface area contributed by atoms with Gasteiger partial charge in [-0.3, -0.25) is 0 Å². The van der Waals surface area contributed by atoms with Crippen LogP contribution in [-0.2, 0) is 11.3 Å². The van der Waals surface area contributed by atoms with Crippen LogP contribution in [0.5, 0.6) is 0 Å². The highest BCUT2D eigenvalue weighted by molar-refractivity contribution is 9.10. The first-order chi connectivity index (χ1) is 8.66. The Morgan fingerprint density at radius 1 is 1.22 bits per heavy atom. The van der Waals surface area contributed by atoms with Crippen LogP contribution in [0, 0.1) is 5.95 Å². The lowest BCUT2D eigenvalue weighted by atomic mass is 10.2. The van der Waals surface area contributed by atoms with E-state index in [9.17, 15) is 9.18 Å². The van der Waals surface area contributed by atoms with Crippen molar-refractivity contribution in [2.45, 2.75) is 6.61 Å². The van der Waals surface area contributed by atoms with Crippen LogP contribution in [0.2, 0.25) is 0 Å². The number of rotatable bonds is 3. The molecule has 2 rings (SSSR count). The Bertz CT molecular complexity index is 560. The molecule has 2 aromatic rings. The van der Waals surface area contributed by atoms with Gasteiger partial charge >= 0.3 is 5.97 Å². The molecule has 1 aromatic heterocycles. The van der Waals surface area contributed by atoms with Crippen molar-refractivity contribution in [2.24, 2.45) is 0 Å². The molecule has 1 aromatic carbocycles. The number of aromatic nitrogens is 1. The van der Waals surface area contributed by atoms with Crippen molar-refractivity contribution >= 4 is 21.9 Å². The van der Waals surface area contributed by atoms with E-state index in [4.69, 9.17) is 4.74 Å². The highest BCUT2D eigenvalue weighted by atomic mass is 79.9. The summed E-state index contributed by atoms with van der Waals surface area (Å²) in [6.07, 6.45) is 0. The second-order valence-electron chi connectivity index (χ2n) is 3.53. The van der Waals surface area contributed by atoms with Crippen molar-refractivity contribution in [3.63, 3.8) is 0 Å². The van der Waals surface area contributed by atoms with Gasteiger partial charge in [0.2, 0.25) is 5.95 Å². The molecular formula is C13H9BrFNO2. The van der Waals surface area contributed by atoms with Gasteiger partial charge in [0.1, 0.15) is 6.61 Å². The fourth-order valence-electron chi connectivity index (χ4n) is 1.35. The van der Waals surface area contributed by atoms with Crippen molar-refractivity contribution in [1.29, 1.82) is 0 Å². The van der Waals surface area contributed by atoms with Crippen LogP contribution in [0.3, 0.4) is 0 Å². The second kappa shape index (κ2) is 5.73. The monoisotopic (exact) mass is 309 g/mol. The maximum absolute atomic E-state index is 12.9. The highest BCUT2D eigenvalue weighted by Gasteiger charge is 2.14. The van der Waals surface area contributed by atoms with Crippen molar-refractivity contribution in [2.75, 3.05) is 0 Å². The third-order valence-electron chi connectivity index (χ3n) is 2.22. The Labute approximate surface area is 112 Å². The fraction of sp³-hybridized carbons (Fsp3) is 0.0769. The zero-order valence-electron chi connectivity index (χ0n) is 9.27. The summed E-state index contributed by atoms with van der Waals surface area (Å²) in [7, 11) is 0. The number of carbonyl (C=O) groups is 1. The van der Waals surface area contributed by atoms with Gasteiger partial charge in [-0.05, 0) is 33.6 Å². The standard InChI is InChI=1S/C13H9BrFNO2/c14-10-6-7-11(15)16-12(10)13(17)18-8-9-4-2-1-3-5-9/h1-7H,8H2. The number of nitrogens with zero attached hydrogens (tertiary/aromatic N) is 1. The number of hydrogen-bond donors (Lipinski definition) is 0. The van der Waals surface area contributed by atoms with Crippen molar-refractivity contribution in [3.8, 4) is 0 Å². The smallest absolute Gasteiger partial charge is 0.358 e. The number of ether oxygens (including phenoxy) is 1. The number of halogens is 2. The first kappa shape index (κ1) is 12.7. The summed E-state index contributed by atoms with van der Waals surface area (Å²) in [6.45, 7) is 0.129. The Morgan fingerprint density at radius 3 is 2.67 bits per heavy atom. The van der Waals surface area contributed by atoms with Gasteiger partial charge in [0.15, 0.2) is 5.69 Å². The third kappa shape index (κ3) is 3.13. The molecule has 0 fully saturated rings. The number of hydrogen-bond acceptors (Lipinski definition) is 3. The fourth-order valence-corrected chi connectivity index (χ4v) is 1.74. The van der Waals surface area contributed by atoms with E-state index in [-0.39, 0.29) is 12.3 Å². The van der Waals surface area contributed by atoms with E-state index in [0.717, 1.165) is 11.6 Å². The summed E-state index contributed by atoms with van der Waals surface area (Å²) in [4.78, 5) is 15.2. The molecule has 0 N–H and O–H groups in total. The van der Waals surface area contributed by atoms with Crippen LogP contribution in [0.25, 0.3) is 0 Å². The van der Waals surface area contributed by atoms with E-state index in [0.29, 0.717) is 4.47 Å². The average Bonchev–Trinajstić information content (AvgIpc) is 2.40. The second-order valence-corrected chi connectivity index (χ2v) is 4.38. The molecule has 0 bridgehead atoms. The van der Waals surface area contributed by atoms with E-state index in [1.165, 1.54) is 6.07 Å². The van der Waals surface area contributed by atoms with Gasteiger partial charge in [0.25, 0.3) is 0 Å². The third-order valence-corrected chi connectivity index (χ3v) is 2.86. The first-order valence-corrected chi connectivity index (χ1v) is 5.99. The largest absolute Gasteiger partial charge is 0.456 e. The number of esters is 1. The van der Waals surface area contributed by atoms with Gasteiger partial charge in [-0.1, -0.05) is 30.3 Å². The number of pyridine rings is 1. The molecule has 0 aliphatic carbocycles. The lowest BCUT2D eigenvalue weighted by Gasteiger charge is -2.05. The topological polar surface area (TPSA) is 39.2 Å². The Hall–Kier alpha value is -1.75. The van der Waals surface area contributed by atoms with Crippen LogP contribution in [-0.4, -0.2) is 11.0 Å². The van der Waals surface area contributed by atoms with Gasteiger partial charge < -0.3 is 4.74 Å². The summed E-state index contributed by atoms with van der Waals surface area (Å²) in [6, 6.07) is 11.8. The number of carbonyl (C=O) groups excluding carboxylic acids is 1. The quantitative estimate of drug-likeness (QED) is 0.645. The van der Waals surface area contributed by atoms with Crippen molar-refractivity contribution in [1.82, 2.24) is 4.98 Å². The predicted molar refractivity (Wildman–Crippen MR) is 67.5 cm³/mol. The molecule has 0 aliphatic rings. The minimum Gasteiger partial charge on any atom is -0.456 e. The van der Waals surface area contributed by atoms with Crippen molar-refractivity contribution in [3.05, 3.63) is 64.1 Å². The maximum atomic E-state index is 12.9. The molecule has 0 radical (unpaired) electrons. The van der Waals surface area contributed by atoms with Crippen LogP contribution >= 0.6 is 15.9 Å². The van der Waals surface area contributed by atoms with Gasteiger partial charge in [0.05, 0.1) is 4.47 Å². The molecule has 0 unspecified atom stereocenters. The minimum atomic E-state index is -0.718. The van der Waals surface area contributed by atoms with E-state index < -0.39 is 11.9 Å². The zero-order valence-corrected chi connectivity index (χ0v) is 10.9. The normalized spacial score (nSPS) is 10.1. The molecule has 0 aliphatic heterocycles. The molecule has 3 nitrogen and oxygen atoms in total. The Kier molecular flexibility index (Phi) is 4.04. The average molecular weight is 310 g/mol. The molecule has 0 spiro atoms. The maximum Gasteiger partial charge on any atom is 0.358 e. The van der Waals surface area contributed by atoms with Gasteiger partial charge in [-0.2, -0.15) is 4.39 Å². The molecule has 92 valence electrons. The summed E-state index contributed by atoms with van der Waals surface area (Å²) in [5.74, 6) is -1.38. The number of benzene rings is 1. The lowest BCUT2D eigenvalue weighted by molar-refractivity contribution is 0.0463. The molecule has 1 heterocycles. The van der Waals surface area contributed by atoms with Crippen molar-refractivity contribution < 1.29 is 13.9 Å². The molecule has 0 saturated heterocycles. The van der Waals surface area contributed by atoms with E-state index in [2.05, 4.69) is 20.9 Å². The molecular weight excluding hydrogens is 301 g/mol. The summed E-state index contributed by atoms with van der Waals surface area (Å²) in [5.41, 5.74) is 0.796. The SMILES string of the molecule is O=C(OCc1ccccc1)c1nc(F)ccc1Br. The van der Waals surface area contributed by atoms with Gasteiger partial charge in [-0.15, -0.1) is 0 Å². The molecule has 0 saturated carbocycles. The molecule has 5 heteroatoms. The predicted octanol–water partition coefficient (Wildman–Crippen LogP) is 3.34. The zero-order chi connectivity index (χ0) is 13.0. The van der Waals surface area contributed by atoms with Crippen LogP contribution in [0.4, 0.5) is 4.39 Å². The van der Waals surface area contributed by atoms with E-state index >= 15 is 0 Å². The first-order valence-electron chi connectivity index (χ1n) is 5.20. The van der Waals surface area contributed by atoms with Gasteiger partial charge in [0, 0.05) is 0 Å². The molecule has 0 atom stereocenters. The van der Waals surface area contributed by atoms with E-state index in [1.54, 1.807) is 0 Å². The lowest BCUT2D eigenvalue weighted by Crippen LogP contribution is -2.09. The summed E-state index contributed by atoms with van der Waals surface area (Å²) in [5, 5.41) is 0. The Balaban J connectivity index is 2.06. The summed E-state index contributed by atoms with van der Waals surface area (Å²) < 4.78 is 18.4. The minimum absolute atomic E-state index is 0.0640. The molecule has 18 heavy (non-hydrogen) atoms. The van der Waals surface area contributed by atoms with Crippen LogP contribution < -0.4 is 0 Å². The molecule has 0 amide bonds. The summed E-state index contributed by atoms with van der Waals surface area (Å²) >= 11 is 3.13.